The Bertz CT molecular complexity index is 780. The van der Waals surface area contributed by atoms with E-state index in [-0.39, 0.29) is 11.6 Å². The molecule has 152 valence electrons. The van der Waals surface area contributed by atoms with E-state index in [0.717, 1.165) is 71.6 Å². The molecule has 2 aliphatic carbocycles. The Morgan fingerprint density at radius 1 is 0.679 bits per heavy atom. The van der Waals surface area contributed by atoms with Gasteiger partial charge in [0.05, 0.1) is 0 Å². The van der Waals surface area contributed by atoms with Crippen molar-refractivity contribution in [3.63, 3.8) is 0 Å². The fourth-order valence-corrected chi connectivity index (χ4v) is 5.71. The lowest BCUT2D eigenvalue weighted by Gasteiger charge is -2.32. The number of unbranched alkanes of at least 4 members (excludes halogenated alkanes) is 4. The lowest BCUT2D eigenvalue weighted by Crippen LogP contribution is -2.22. The van der Waals surface area contributed by atoms with Crippen LogP contribution in [-0.2, 0) is 25.7 Å². The molecule has 0 fully saturated rings. The van der Waals surface area contributed by atoms with Crippen LogP contribution in [0.3, 0.4) is 0 Å². The Morgan fingerprint density at radius 3 is 1.50 bits per heavy atom. The summed E-state index contributed by atoms with van der Waals surface area (Å²) in [4.78, 5) is 0. The highest BCUT2D eigenvalue weighted by molar-refractivity contribution is 5.95. The van der Waals surface area contributed by atoms with Crippen LogP contribution in [-0.4, -0.2) is 0 Å². The van der Waals surface area contributed by atoms with Crippen LogP contribution >= 0.6 is 0 Å². The van der Waals surface area contributed by atoms with Crippen LogP contribution in [0.1, 0.15) is 87.5 Å². The van der Waals surface area contributed by atoms with Gasteiger partial charge in [0, 0.05) is 0 Å². The summed E-state index contributed by atoms with van der Waals surface area (Å²) in [6, 6.07) is 3.51. The van der Waals surface area contributed by atoms with Crippen LogP contribution in [0.15, 0.2) is 12.1 Å². The third kappa shape index (κ3) is 3.72. The van der Waals surface area contributed by atoms with E-state index in [1.165, 1.54) is 38.5 Å². The Morgan fingerprint density at radius 2 is 1.11 bits per heavy atom. The molecule has 0 aliphatic heterocycles. The first-order valence-electron chi connectivity index (χ1n) is 11.6. The van der Waals surface area contributed by atoms with Crippen molar-refractivity contribution in [3.8, 4) is 0 Å². The van der Waals surface area contributed by atoms with Crippen LogP contribution in [0.25, 0.3) is 10.8 Å². The van der Waals surface area contributed by atoms with E-state index in [1.807, 2.05) is 0 Å². The summed E-state index contributed by atoms with van der Waals surface area (Å²) in [7, 11) is 0. The van der Waals surface area contributed by atoms with Crippen LogP contribution in [0, 0.1) is 23.5 Å². The molecule has 0 heterocycles. The molecule has 0 radical (unpaired) electrons. The smallest absolute Gasteiger partial charge is 0.127 e. The van der Waals surface area contributed by atoms with Gasteiger partial charge >= 0.3 is 0 Å². The molecule has 0 N–H and O–H groups in total. The van der Waals surface area contributed by atoms with Crippen molar-refractivity contribution in [1.29, 1.82) is 0 Å². The zero-order valence-corrected chi connectivity index (χ0v) is 17.6. The molecule has 4 rings (SSSR count). The standard InChI is InChI=1S/C26H34F2/c1-3-5-7-9-17-11-19-15-24(28)22-14-18(10-8-6-4-2)12-20-16-23(27)21(13-17)25(19)26(20)22/h15-18H,3-14H2,1-2H3. The fourth-order valence-electron chi connectivity index (χ4n) is 5.71. The quantitative estimate of drug-likeness (QED) is 0.409. The third-order valence-corrected chi connectivity index (χ3v) is 7.11. The van der Waals surface area contributed by atoms with E-state index in [0.29, 0.717) is 11.8 Å². The summed E-state index contributed by atoms with van der Waals surface area (Å²) in [6.45, 7) is 4.42. The number of rotatable bonds is 8. The summed E-state index contributed by atoms with van der Waals surface area (Å²) in [5, 5.41) is 2.15. The molecule has 0 saturated carbocycles. The van der Waals surface area contributed by atoms with E-state index in [2.05, 4.69) is 13.8 Å². The van der Waals surface area contributed by atoms with Gasteiger partial charge in [-0.2, -0.15) is 0 Å². The first kappa shape index (κ1) is 19.9. The first-order valence-corrected chi connectivity index (χ1v) is 11.6. The molecule has 2 heteroatoms. The number of hydrogen-bond acceptors (Lipinski definition) is 0. The van der Waals surface area contributed by atoms with E-state index in [9.17, 15) is 0 Å². The topological polar surface area (TPSA) is 0 Å². The Balaban J connectivity index is 1.68. The van der Waals surface area contributed by atoms with E-state index in [4.69, 9.17) is 0 Å². The number of benzene rings is 2. The van der Waals surface area contributed by atoms with E-state index >= 15 is 8.78 Å². The highest BCUT2D eigenvalue weighted by Crippen LogP contribution is 2.43. The second-order valence-electron chi connectivity index (χ2n) is 9.28. The van der Waals surface area contributed by atoms with Crippen LogP contribution < -0.4 is 0 Å². The average Bonchev–Trinajstić information content (AvgIpc) is 2.67. The van der Waals surface area contributed by atoms with Gasteiger partial charge in [0.15, 0.2) is 0 Å². The summed E-state index contributed by atoms with van der Waals surface area (Å²) in [5.41, 5.74) is 3.85. The van der Waals surface area contributed by atoms with Crippen LogP contribution in [0.4, 0.5) is 8.78 Å². The first-order chi connectivity index (χ1) is 13.6. The summed E-state index contributed by atoms with van der Waals surface area (Å²) in [5.74, 6) is 0.821. The van der Waals surface area contributed by atoms with Gasteiger partial charge in [0.2, 0.25) is 0 Å². The molecule has 2 atom stereocenters. The van der Waals surface area contributed by atoms with Crippen molar-refractivity contribution in [1.82, 2.24) is 0 Å². The van der Waals surface area contributed by atoms with Crippen molar-refractivity contribution in [3.05, 3.63) is 46.0 Å². The van der Waals surface area contributed by atoms with Gasteiger partial charge in [-0.05, 0) is 95.5 Å². The summed E-state index contributed by atoms with van der Waals surface area (Å²) >= 11 is 0. The largest absolute Gasteiger partial charge is 0.207 e. The zero-order chi connectivity index (χ0) is 19.7. The van der Waals surface area contributed by atoms with Crippen LogP contribution in [0.5, 0.6) is 0 Å². The predicted molar refractivity (Wildman–Crippen MR) is 114 cm³/mol. The molecule has 0 spiro atoms. The normalized spacial score (nSPS) is 20.7. The maximum Gasteiger partial charge on any atom is 0.127 e. The van der Waals surface area contributed by atoms with Gasteiger partial charge in [0.1, 0.15) is 11.6 Å². The minimum absolute atomic E-state index is 0.0456. The van der Waals surface area contributed by atoms with Crippen molar-refractivity contribution in [2.45, 2.75) is 90.9 Å². The second-order valence-corrected chi connectivity index (χ2v) is 9.28. The number of halogens is 2. The molecule has 0 nitrogen and oxygen atoms in total. The third-order valence-electron chi connectivity index (χ3n) is 7.11. The zero-order valence-electron chi connectivity index (χ0n) is 17.6. The SMILES string of the molecule is CCCCCC1Cc2cc(F)c3c4c(cc(F)c(c24)C1)CC(CCCCC)C3. The second kappa shape index (κ2) is 8.51. The Kier molecular flexibility index (Phi) is 6.04. The number of hydrogen-bond donors (Lipinski definition) is 0. The molecule has 2 aromatic carbocycles. The molecule has 0 saturated heterocycles. The monoisotopic (exact) mass is 384 g/mol. The van der Waals surface area contributed by atoms with Crippen molar-refractivity contribution >= 4 is 10.8 Å². The molecular formula is C26H34F2. The lowest BCUT2D eigenvalue weighted by molar-refractivity contribution is 0.427. The van der Waals surface area contributed by atoms with Crippen molar-refractivity contribution in [2.24, 2.45) is 11.8 Å². The van der Waals surface area contributed by atoms with E-state index in [1.54, 1.807) is 12.1 Å². The maximum absolute atomic E-state index is 15.1. The summed E-state index contributed by atoms with van der Waals surface area (Å²) < 4.78 is 30.3. The van der Waals surface area contributed by atoms with Crippen molar-refractivity contribution in [2.75, 3.05) is 0 Å². The Hall–Kier alpha value is -1.44. The highest BCUT2D eigenvalue weighted by atomic mass is 19.1. The van der Waals surface area contributed by atoms with Gasteiger partial charge in [-0.15, -0.1) is 0 Å². The molecule has 0 amide bonds. The molecule has 0 aromatic heterocycles. The molecule has 0 bridgehead atoms. The molecule has 2 aromatic rings. The predicted octanol–water partition coefficient (Wildman–Crippen LogP) is 7.71. The van der Waals surface area contributed by atoms with Crippen molar-refractivity contribution < 1.29 is 8.78 Å². The summed E-state index contributed by atoms with van der Waals surface area (Å²) in [6.07, 6.45) is 13.0. The van der Waals surface area contributed by atoms with E-state index < -0.39 is 0 Å². The minimum Gasteiger partial charge on any atom is -0.207 e. The van der Waals surface area contributed by atoms with Gasteiger partial charge in [-0.3, -0.25) is 0 Å². The van der Waals surface area contributed by atoms with Gasteiger partial charge in [-0.1, -0.05) is 52.4 Å². The Labute approximate surface area is 168 Å². The minimum atomic E-state index is -0.0456. The molecule has 28 heavy (non-hydrogen) atoms. The van der Waals surface area contributed by atoms with Gasteiger partial charge < -0.3 is 0 Å². The molecule has 2 aliphatic rings. The molecular weight excluding hydrogens is 350 g/mol. The van der Waals surface area contributed by atoms with Gasteiger partial charge in [0.25, 0.3) is 0 Å². The van der Waals surface area contributed by atoms with Gasteiger partial charge in [-0.25, -0.2) is 8.78 Å². The molecule has 2 unspecified atom stereocenters. The fraction of sp³-hybridized carbons (Fsp3) is 0.615. The maximum atomic E-state index is 15.1. The lowest BCUT2D eigenvalue weighted by atomic mass is 9.73. The van der Waals surface area contributed by atoms with Crippen LogP contribution in [0.2, 0.25) is 0 Å². The highest BCUT2D eigenvalue weighted by Gasteiger charge is 2.31. The average molecular weight is 385 g/mol.